The van der Waals surface area contributed by atoms with E-state index in [0.29, 0.717) is 0 Å². The van der Waals surface area contributed by atoms with Crippen LogP contribution in [-0.2, 0) is 0 Å². The zero-order chi connectivity index (χ0) is 13.9. The number of nitrogens with two attached hydrogens (primary N) is 2. The maximum absolute atomic E-state index is 12.4. The van der Waals surface area contributed by atoms with E-state index < -0.39 is 24.3 Å². The maximum atomic E-state index is 12.4. The molecule has 0 aliphatic heterocycles. The Hall–Kier alpha value is -2.18. The zero-order valence-corrected chi connectivity index (χ0v) is 9.61. The molecule has 0 spiro atoms. The summed E-state index contributed by atoms with van der Waals surface area (Å²) in [7, 11) is 0. The van der Waals surface area contributed by atoms with Crippen molar-refractivity contribution in [2.45, 2.75) is 19.4 Å². The third kappa shape index (κ3) is 3.41. The minimum Gasteiger partial charge on any atom is -0.377 e. The average Bonchev–Trinajstić information content (AvgIpc) is 2.28. The van der Waals surface area contributed by atoms with Gasteiger partial charge in [-0.1, -0.05) is 0 Å². The van der Waals surface area contributed by atoms with Gasteiger partial charge in [0.25, 0.3) is 6.43 Å². The molecule has 7 heteroatoms. The minimum absolute atomic E-state index is 0.0234. The van der Waals surface area contributed by atoms with Crippen molar-refractivity contribution >= 4 is 17.5 Å². The van der Waals surface area contributed by atoms with Gasteiger partial charge in [0.05, 0.1) is 6.04 Å². The molecule has 0 saturated heterocycles. The van der Waals surface area contributed by atoms with E-state index in [9.17, 15) is 18.4 Å². The molecule has 1 unspecified atom stereocenters. The Labute approximate surface area is 102 Å². The first kappa shape index (κ1) is 13.9. The van der Waals surface area contributed by atoms with E-state index in [1.165, 1.54) is 25.1 Å². The van der Waals surface area contributed by atoms with E-state index in [0.717, 1.165) is 0 Å². The molecule has 0 bridgehead atoms. The van der Waals surface area contributed by atoms with E-state index >= 15 is 0 Å². The largest absolute Gasteiger partial charge is 0.377 e. The number of nitrogens with one attached hydrogen (secondary N) is 1. The van der Waals surface area contributed by atoms with Gasteiger partial charge in [0.1, 0.15) is 0 Å². The van der Waals surface area contributed by atoms with Gasteiger partial charge in [0, 0.05) is 16.8 Å². The molecule has 0 heterocycles. The summed E-state index contributed by atoms with van der Waals surface area (Å²) in [6, 6.07) is 2.65. The molecule has 5 nitrogen and oxygen atoms in total. The second-order valence-corrected chi connectivity index (χ2v) is 3.80. The number of carbonyl (C=O) groups is 2. The number of primary amides is 2. The number of rotatable bonds is 5. The number of halogens is 2. The van der Waals surface area contributed by atoms with Crippen molar-refractivity contribution in [2.24, 2.45) is 11.5 Å². The van der Waals surface area contributed by atoms with Gasteiger partial charge in [-0.3, -0.25) is 9.59 Å². The SMILES string of the molecule is CC(Nc1cc(C(N)=O)cc(C(N)=O)c1)C(F)F. The summed E-state index contributed by atoms with van der Waals surface area (Å²) < 4.78 is 24.8. The summed E-state index contributed by atoms with van der Waals surface area (Å²) in [5.41, 5.74) is 10.4. The minimum atomic E-state index is -2.58. The first-order valence-corrected chi connectivity index (χ1v) is 5.10. The first-order chi connectivity index (χ1) is 8.31. The molecular formula is C11H13F2N3O2. The van der Waals surface area contributed by atoms with Crippen molar-refractivity contribution in [1.29, 1.82) is 0 Å². The molecule has 0 saturated carbocycles. The van der Waals surface area contributed by atoms with E-state index in [1.54, 1.807) is 0 Å². The maximum Gasteiger partial charge on any atom is 0.258 e. The Bertz CT molecular complexity index is 445. The fourth-order valence-electron chi connectivity index (χ4n) is 1.32. The van der Waals surface area contributed by atoms with Crippen LogP contribution >= 0.6 is 0 Å². The Morgan fingerprint density at radius 1 is 1.11 bits per heavy atom. The van der Waals surface area contributed by atoms with Crippen molar-refractivity contribution < 1.29 is 18.4 Å². The summed E-state index contributed by atoms with van der Waals surface area (Å²) in [6.45, 7) is 1.27. The summed E-state index contributed by atoms with van der Waals surface area (Å²) >= 11 is 0. The summed E-state index contributed by atoms with van der Waals surface area (Å²) in [6.07, 6.45) is -2.58. The molecule has 18 heavy (non-hydrogen) atoms. The zero-order valence-electron chi connectivity index (χ0n) is 9.61. The van der Waals surface area contributed by atoms with Crippen LogP contribution in [0.5, 0.6) is 0 Å². The highest BCUT2D eigenvalue weighted by atomic mass is 19.3. The van der Waals surface area contributed by atoms with Crippen molar-refractivity contribution in [2.75, 3.05) is 5.32 Å². The molecule has 0 aliphatic carbocycles. The predicted octanol–water partition coefficient (Wildman–Crippen LogP) is 0.950. The fourth-order valence-corrected chi connectivity index (χ4v) is 1.32. The number of hydrogen-bond donors (Lipinski definition) is 3. The number of amides is 2. The molecule has 1 aromatic rings. The quantitative estimate of drug-likeness (QED) is 0.732. The molecule has 0 fully saturated rings. The van der Waals surface area contributed by atoms with Crippen LogP contribution in [0.2, 0.25) is 0 Å². The van der Waals surface area contributed by atoms with Crippen LogP contribution < -0.4 is 16.8 Å². The van der Waals surface area contributed by atoms with Gasteiger partial charge in [-0.05, 0) is 25.1 Å². The molecule has 1 atom stereocenters. The van der Waals surface area contributed by atoms with E-state index in [1.807, 2.05) is 0 Å². The summed E-state index contributed by atoms with van der Waals surface area (Å²) in [5.74, 6) is -1.54. The molecule has 98 valence electrons. The number of benzene rings is 1. The Kier molecular flexibility index (Phi) is 4.19. The molecule has 1 aromatic carbocycles. The highest BCUT2D eigenvalue weighted by molar-refractivity contribution is 5.99. The number of hydrogen-bond acceptors (Lipinski definition) is 3. The number of anilines is 1. The van der Waals surface area contributed by atoms with Crippen LogP contribution in [0.4, 0.5) is 14.5 Å². The van der Waals surface area contributed by atoms with Crippen molar-refractivity contribution in [3.8, 4) is 0 Å². The van der Waals surface area contributed by atoms with E-state index in [2.05, 4.69) is 5.32 Å². The second kappa shape index (κ2) is 5.44. The molecule has 1 rings (SSSR count). The fraction of sp³-hybridized carbons (Fsp3) is 0.273. The smallest absolute Gasteiger partial charge is 0.258 e. The Balaban J connectivity index is 3.11. The second-order valence-electron chi connectivity index (χ2n) is 3.80. The van der Waals surface area contributed by atoms with E-state index in [4.69, 9.17) is 11.5 Å². The standard InChI is InChI=1S/C11H13F2N3O2/c1-5(9(12)13)16-8-3-6(10(14)17)2-7(4-8)11(15)18/h2-5,9,16H,1H3,(H2,14,17)(H2,15,18). The van der Waals surface area contributed by atoms with Crippen LogP contribution in [0.1, 0.15) is 27.6 Å². The van der Waals surface area contributed by atoms with Crippen LogP contribution in [-0.4, -0.2) is 24.3 Å². The highest BCUT2D eigenvalue weighted by Crippen LogP contribution is 2.17. The van der Waals surface area contributed by atoms with Gasteiger partial charge in [-0.15, -0.1) is 0 Å². The normalized spacial score (nSPS) is 12.2. The summed E-state index contributed by atoms with van der Waals surface area (Å²) in [4.78, 5) is 22.1. The lowest BCUT2D eigenvalue weighted by atomic mass is 10.1. The van der Waals surface area contributed by atoms with Crippen LogP contribution in [0, 0.1) is 0 Å². The number of alkyl halides is 2. The third-order valence-corrected chi connectivity index (χ3v) is 2.27. The molecule has 0 radical (unpaired) electrons. The highest BCUT2D eigenvalue weighted by Gasteiger charge is 2.16. The van der Waals surface area contributed by atoms with Crippen LogP contribution in [0.15, 0.2) is 18.2 Å². The van der Waals surface area contributed by atoms with Gasteiger partial charge < -0.3 is 16.8 Å². The Morgan fingerprint density at radius 3 is 1.89 bits per heavy atom. The van der Waals surface area contributed by atoms with Gasteiger partial charge in [-0.2, -0.15) is 0 Å². The lowest BCUT2D eigenvalue weighted by Crippen LogP contribution is -2.24. The van der Waals surface area contributed by atoms with Gasteiger partial charge >= 0.3 is 0 Å². The summed E-state index contributed by atoms with van der Waals surface area (Å²) in [5, 5.41) is 2.47. The average molecular weight is 257 g/mol. The number of carbonyl (C=O) groups excluding carboxylic acids is 2. The molecular weight excluding hydrogens is 244 g/mol. The molecule has 2 amide bonds. The third-order valence-electron chi connectivity index (χ3n) is 2.27. The monoisotopic (exact) mass is 257 g/mol. The van der Waals surface area contributed by atoms with Crippen LogP contribution in [0.25, 0.3) is 0 Å². The van der Waals surface area contributed by atoms with Gasteiger partial charge in [0.2, 0.25) is 11.8 Å². The topological polar surface area (TPSA) is 98.2 Å². The van der Waals surface area contributed by atoms with Gasteiger partial charge in [0.15, 0.2) is 0 Å². The predicted molar refractivity (Wildman–Crippen MR) is 62.6 cm³/mol. The molecule has 0 aliphatic rings. The first-order valence-electron chi connectivity index (χ1n) is 5.10. The molecule has 5 N–H and O–H groups in total. The van der Waals surface area contributed by atoms with Crippen molar-refractivity contribution in [3.63, 3.8) is 0 Å². The molecule has 0 aromatic heterocycles. The lowest BCUT2D eigenvalue weighted by Gasteiger charge is -2.15. The van der Waals surface area contributed by atoms with Gasteiger partial charge in [-0.25, -0.2) is 8.78 Å². The van der Waals surface area contributed by atoms with Crippen molar-refractivity contribution in [3.05, 3.63) is 29.3 Å². The lowest BCUT2D eigenvalue weighted by molar-refractivity contribution is 0.0999. The Morgan fingerprint density at radius 2 is 1.56 bits per heavy atom. The van der Waals surface area contributed by atoms with Crippen LogP contribution in [0.3, 0.4) is 0 Å². The van der Waals surface area contributed by atoms with E-state index in [-0.39, 0.29) is 16.8 Å². The van der Waals surface area contributed by atoms with Crippen molar-refractivity contribution in [1.82, 2.24) is 0 Å².